The van der Waals surface area contributed by atoms with E-state index in [4.69, 9.17) is 4.98 Å². The summed E-state index contributed by atoms with van der Waals surface area (Å²) in [6, 6.07) is 0. The molecule has 1 amide bonds. The molecule has 1 aromatic rings. The number of hydrogen-bond acceptors (Lipinski definition) is 3. The van der Waals surface area contributed by atoms with Crippen LogP contribution in [-0.4, -0.2) is 24.0 Å². The second kappa shape index (κ2) is 8.24. The van der Waals surface area contributed by atoms with Crippen molar-refractivity contribution in [3.05, 3.63) is 29.6 Å². The van der Waals surface area contributed by atoms with Crippen LogP contribution < -0.4 is 10.2 Å². The van der Waals surface area contributed by atoms with E-state index in [1.165, 1.54) is 42.6 Å². The number of hydrogen-bond donors (Lipinski definition) is 1. The number of nitrogens with zero attached hydrogens (tertiary/aromatic N) is 2. The molecular formula is C22H31N3O. The number of allylic oxidation sites excluding steroid dienone is 2. The molecule has 1 atom stereocenters. The number of rotatable bonds is 3. The maximum Gasteiger partial charge on any atom is 0.227 e. The minimum atomic E-state index is 0.127. The minimum Gasteiger partial charge on any atom is -0.370 e. The molecule has 2 heterocycles. The van der Waals surface area contributed by atoms with Gasteiger partial charge in [0.1, 0.15) is 0 Å². The molecule has 0 saturated carbocycles. The summed E-state index contributed by atoms with van der Waals surface area (Å²) in [5.41, 5.74) is 4.88. The zero-order valence-corrected chi connectivity index (χ0v) is 15.8. The van der Waals surface area contributed by atoms with Crippen LogP contribution in [0.5, 0.6) is 0 Å². The lowest BCUT2D eigenvalue weighted by atomic mass is 9.93. The molecular weight excluding hydrogens is 322 g/mol. The standard InChI is InChI=1S/C22H31N3O/c26-22(17-10-5-2-1-3-6-11-17)24-20-16-23-19-13-9-12-18(19)21(20)25-14-7-4-8-15-25/h1-2,16-17H,3-15H2,(H,24,26)/b2-1-. The van der Waals surface area contributed by atoms with Crippen LogP contribution in [0.25, 0.3) is 0 Å². The van der Waals surface area contributed by atoms with E-state index in [1.807, 2.05) is 6.20 Å². The monoisotopic (exact) mass is 353 g/mol. The van der Waals surface area contributed by atoms with E-state index >= 15 is 0 Å². The number of piperidine rings is 1. The molecule has 26 heavy (non-hydrogen) atoms. The van der Waals surface area contributed by atoms with Gasteiger partial charge in [0.05, 0.1) is 17.6 Å². The number of fused-ring (bicyclic) bond motifs is 1. The fourth-order valence-corrected chi connectivity index (χ4v) is 4.72. The molecule has 4 heteroatoms. The summed E-state index contributed by atoms with van der Waals surface area (Å²) in [6.07, 6.45) is 18.8. The van der Waals surface area contributed by atoms with Gasteiger partial charge in [-0.1, -0.05) is 12.2 Å². The predicted molar refractivity (Wildman–Crippen MR) is 107 cm³/mol. The van der Waals surface area contributed by atoms with Crippen LogP contribution in [0.1, 0.15) is 69.0 Å². The Balaban J connectivity index is 1.57. The fourth-order valence-electron chi connectivity index (χ4n) is 4.72. The van der Waals surface area contributed by atoms with E-state index in [-0.39, 0.29) is 11.8 Å². The molecule has 1 aromatic heterocycles. The molecule has 1 N–H and O–H groups in total. The van der Waals surface area contributed by atoms with Crippen LogP contribution in [0.4, 0.5) is 11.4 Å². The summed E-state index contributed by atoms with van der Waals surface area (Å²) in [6.45, 7) is 2.21. The second-order valence-corrected chi connectivity index (χ2v) is 8.01. The smallest absolute Gasteiger partial charge is 0.227 e. The highest BCUT2D eigenvalue weighted by molar-refractivity contribution is 5.96. The van der Waals surface area contributed by atoms with Gasteiger partial charge in [-0.15, -0.1) is 0 Å². The summed E-state index contributed by atoms with van der Waals surface area (Å²) in [5.74, 6) is 0.320. The third-order valence-corrected chi connectivity index (χ3v) is 6.15. The highest BCUT2D eigenvalue weighted by atomic mass is 16.1. The van der Waals surface area contributed by atoms with Gasteiger partial charge in [0.15, 0.2) is 0 Å². The van der Waals surface area contributed by atoms with E-state index in [0.717, 1.165) is 63.7 Å². The van der Waals surface area contributed by atoms with Crippen molar-refractivity contribution in [2.45, 2.75) is 70.6 Å². The molecule has 1 saturated heterocycles. The zero-order valence-electron chi connectivity index (χ0n) is 15.8. The molecule has 0 aromatic carbocycles. The van der Waals surface area contributed by atoms with E-state index in [0.29, 0.717) is 0 Å². The quantitative estimate of drug-likeness (QED) is 0.806. The summed E-state index contributed by atoms with van der Waals surface area (Å²) in [4.78, 5) is 20.2. The van der Waals surface area contributed by atoms with E-state index in [2.05, 4.69) is 22.4 Å². The molecule has 140 valence electrons. The Morgan fingerprint density at radius 3 is 2.73 bits per heavy atom. The highest BCUT2D eigenvalue weighted by Crippen LogP contribution is 2.38. The number of carbonyl (C=O) groups excluding carboxylic acids is 1. The number of pyridine rings is 1. The Bertz CT molecular complexity index is 676. The largest absolute Gasteiger partial charge is 0.370 e. The maximum atomic E-state index is 13.0. The third kappa shape index (κ3) is 3.79. The number of amides is 1. The molecule has 0 radical (unpaired) electrons. The molecule has 1 aliphatic heterocycles. The number of carbonyl (C=O) groups is 1. The maximum absolute atomic E-state index is 13.0. The number of nitrogens with one attached hydrogen (secondary N) is 1. The molecule has 2 aliphatic carbocycles. The van der Waals surface area contributed by atoms with Gasteiger partial charge in [0, 0.05) is 24.7 Å². The van der Waals surface area contributed by atoms with Gasteiger partial charge in [-0.25, -0.2) is 0 Å². The number of aromatic nitrogens is 1. The topological polar surface area (TPSA) is 45.2 Å². The molecule has 0 spiro atoms. The summed E-state index contributed by atoms with van der Waals surface area (Å²) in [7, 11) is 0. The van der Waals surface area contributed by atoms with Gasteiger partial charge < -0.3 is 10.2 Å². The van der Waals surface area contributed by atoms with Crippen molar-refractivity contribution >= 4 is 17.3 Å². The van der Waals surface area contributed by atoms with Crippen LogP contribution in [0, 0.1) is 5.92 Å². The Kier molecular flexibility index (Phi) is 5.57. The van der Waals surface area contributed by atoms with Crippen molar-refractivity contribution in [2.24, 2.45) is 5.92 Å². The third-order valence-electron chi connectivity index (χ3n) is 6.15. The minimum absolute atomic E-state index is 0.127. The first-order valence-corrected chi connectivity index (χ1v) is 10.5. The van der Waals surface area contributed by atoms with E-state index in [9.17, 15) is 4.79 Å². The Hall–Kier alpha value is -1.84. The van der Waals surface area contributed by atoms with Crippen molar-refractivity contribution in [3.8, 4) is 0 Å². The van der Waals surface area contributed by atoms with Crippen LogP contribution >= 0.6 is 0 Å². The summed E-state index contributed by atoms with van der Waals surface area (Å²) >= 11 is 0. The van der Waals surface area contributed by atoms with Gasteiger partial charge in [-0.2, -0.15) is 0 Å². The molecule has 4 rings (SSSR count). The van der Waals surface area contributed by atoms with Gasteiger partial charge in [0.2, 0.25) is 5.91 Å². The molecule has 3 aliphatic rings. The first kappa shape index (κ1) is 17.6. The lowest BCUT2D eigenvalue weighted by molar-refractivity contribution is -0.120. The summed E-state index contributed by atoms with van der Waals surface area (Å²) in [5, 5.41) is 3.29. The molecule has 1 unspecified atom stereocenters. The number of aryl methyl sites for hydroxylation is 1. The van der Waals surface area contributed by atoms with Crippen LogP contribution in [0.2, 0.25) is 0 Å². The van der Waals surface area contributed by atoms with Crippen LogP contribution in [-0.2, 0) is 17.6 Å². The van der Waals surface area contributed by atoms with Gasteiger partial charge in [-0.3, -0.25) is 9.78 Å². The van der Waals surface area contributed by atoms with Crippen LogP contribution in [0.3, 0.4) is 0 Å². The SMILES string of the molecule is O=C(Nc1cnc2c(c1N1CCCCC1)CCC2)C1CC/C=C\CCC1. The normalized spacial score (nSPS) is 24.5. The Morgan fingerprint density at radius 1 is 1.00 bits per heavy atom. The first-order valence-electron chi connectivity index (χ1n) is 10.5. The van der Waals surface area contributed by atoms with Crippen molar-refractivity contribution < 1.29 is 4.79 Å². The summed E-state index contributed by atoms with van der Waals surface area (Å²) < 4.78 is 0. The lowest BCUT2D eigenvalue weighted by Crippen LogP contribution is -2.32. The van der Waals surface area contributed by atoms with Gasteiger partial charge in [-0.05, 0) is 76.2 Å². The average molecular weight is 354 g/mol. The Labute approximate surface area is 157 Å². The fraction of sp³-hybridized carbons (Fsp3) is 0.636. The van der Waals surface area contributed by atoms with Crippen molar-refractivity contribution in [2.75, 3.05) is 23.3 Å². The van der Waals surface area contributed by atoms with Gasteiger partial charge in [0.25, 0.3) is 0 Å². The lowest BCUT2D eigenvalue weighted by Gasteiger charge is -2.32. The first-order chi connectivity index (χ1) is 12.8. The second-order valence-electron chi connectivity index (χ2n) is 8.01. The molecule has 1 fully saturated rings. The van der Waals surface area contributed by atoms with Crippen molar-refractivity contribution in [1.82, 2.24) is 4.98 Å². The van der Waals surface area contributed by atoms with E-state index in [1.54, 1.807) is 0 Å². The predicted octanol–water partition coefficient (Wildman–Crippen LogP) is 4.64. The number of anilines is 2. The van der Waals surface area contributed by atoms with Crippen molar-refractivity contribution in [1.29, 1.82) is 0 Å². The Morgan fingerprint density at radius 2 is 1.85 bits per heavy atom. The van der Waals surface area contributed by atoms with Crippen LogP contribution in [0.15, 0.2) is 18.3 Å². The van der Waals surface area contributed by atoms with Gasteiger partial charge >= 0.3 is 0 Å². The van der Waals surface area contributed by atoms with Crippen molar-refractivity contribution in [3.63, 3.8) is 0 Å². The molecule has 0 bridgehead atoms. The molecule has 4 nitrogen and oxygen atoms in total. The highest BCUT2D eigenvalue weighted by Gasteiger charge is 2.26. The van der Waals surface area contributed by atoms with E-state index < -0.39 is 0 Å². The zero-order chi connectivity index (χ0) is 17.8. The average Bonchev–Trinajstić information content (AvgIpc) is 3.10.